The molecule has 0 saturated heterocycles. The molecule has 0 bridgehead atoms. The Balaban J connectivity index is 2.09. The van der Waals surface area contributed by atoms with E-state index in [1.807, 2.05) is 0 Å². The Morgan fingerprint density at radius 2 is 1.89 bits per heavy atom. The third-order valence-corrected chi connectivity index (χ3v) is 4.84. The number of hydrogen-bond acceptors (Lipinski definition) is 2. The molecule has 2 saturated carbocycles. The van der Waals surface area contributed by atoms with Crippen molar-refractivity contribution < 1.29 is 0 Å². The van der Waals surface area contributed by atoms with Crippen LogP contribution >= 0.6 is 0 Å². The van der Waals surface area contributed by atoms with E-state index < -0.39 is 0 Å². The van der Waals surface area contributed by atoms with Gasteiger partial charge in [-0.2, -0.15) is 0 Å². The molecule has 0 spiro atoms. The molecule has 1 N–H and O–H groups in total. The van der Waals surface area contributed by atoms with Crippen molar-refractivity contribution in [3.63, 3.8) is 0 Å². The van der Waals surface area contributed by atoms with Crippen LogP contribution in [0.1, 0.15) is 66.7 Å². The van der Waals surface area contributed by atoms with Crippen LogP contribution in [-0.2, 0) is 0 Å². The zero-order valence-corrected chi connectivity index (χ0v) is 13.7. The fourth-order valence-electron chi connectivity index (χ4n) is 3.78. The predicted octanol–water partition coefficient (Wildman–Crippen LogP) is 3.66. The van der Waals surface area contributed by atoms with Gasteiger partial charge in [-0.3, -0.25) is 4.90 Å². The van der Waals surface area contributed by atoms with Crippen molar-refractivity contribution in [1.29, 1.82) is 0 Å². The van der Waals surface area contributed by atoms with Crippen molar-refractivity contribution in [2.75, 3.05) is 13.1 Å². The SMILES string of the molecule is CCNC1CCC(C)(C)CC1N(CC(C)C)C1CC1. The normalized spacial score (nSPS) is 31.1. The lowest BCUT2D eigenvalue weighted by Gasteiger charge is -2.47. The molecule has 2 unspecified atom stereocenters. The maximum absolute atomic E-state index is 3.77. The molecular formula is C17H34N2. The second-order valence-corrected chi connectivity index (χ2v) is 7.96. The lowest BCUT2D eigenvalue weighted by molar-refractivity contribution is 0.0520. The van der Waals surface area contributed by atoms with E-state index in [2.05, 4.69) is 44.8 Å². The molecule has 112 valence electrons. The number of nitrogens with one attached hydrogen (secondary N) is 1. The van der Waals surface area contributed by atoms with E-state index in [9.17, 15) is 0 Å². The molecular weight excluding hydrogens is 232 g/mol. The van der Waals surface area contributed by atoms with E-state index in [4.69, 9.17) is 0 Å². The Morgan fingerprint density at radius 3 is 2.42 bits per heavy atom. The molecule has 0 aromatic carbocycles. The zero-order valence-electron chi connectivity index (χ0n) is 13.7. The van der Waals surface area contributed by atoms with Gasteiger partial charge in [0, 0.05) is 24.7 Å². The van der Waals surface area contributed by atoms with Gasteiger partial charge in [-0.25, -0.2) is 0 Å². The molecule has 0 amide bonds. The average molecular weight is 266 g/mol. The van der Waals surface area contributed by atoms with Gasteiger partial charge in [0.2, 0.25) is 0 Å². The lowest BCUT2D eigenvalue weighted by Crippen LogP contribution is -2.56. The highest BCUT2D eigenvalue weighted by atomic mass is 15.2. The predicted molar refractivity (Wildman–Crippen MR) is 83.5 cm³/mol. The molecule has 0 aromatic heterocycles. The van der Waals surface area contributed by atoms with Gasteiger partial charge in [-0.1, -0.05) is 34.6 Å². The smallest absolute Gasteiger partial charge is 0.0257 e. The minimum atomic E-state index is 0.528. The number of hydrogen-bond donors (Lipinski definition) is 1. The molecule has 2 rings (SSSR count). The van der Waals surface area contributed by atoms with Crippen molar-refractivity contribution in [2.24, 2.45) is 11.3 Å². The van der Waals surface area contributed by atoms with E-state index in [1.54, 1.807) is 0 Å². The van der Waals surface area contributed by atoms with Gasteiger partial charge in [0.05, 0.1) is 0 Å². The van der Waals surface area contributed by atoms with Crippen molar-refractivity contribution in [2.45, 2.75) is 84.8 Å². The van der Waals surface area contributed by atoms with Gasteiger partial charge in [0.15, 0.2) is 0 Å². The van der Waals surface area contributed by atoms with Gasteiger partial charge in [0.25, 0.3) is 0 Å². The summed E-state index contributed by atoms with van der Waals surface area (Å²) in [5.74, 6) is 0.785. The molecule has 2 atom stereocenters. The highest BCUT2D eigenvalue weighted by Gasteiger charge is 2.42. The Kier molecular flexibility index (Phi) is 4.94. The molecule has 2 nitrogen and oxygen atoms in total. The second-order valence-electron chi connectivity index (χ2n) is 7.96. The summed E-state index contributed by atoms with van der Waals surface area (Å²) in [7, 11) is 0. The summed E-state index contributed by atoms with van der Waals surface area (Å²) in [6.45, 7) is 14.3. The standard InChI is InChI=1S/C17H34N2/c1-6-18-15-9-10-17(4,5)11-16(15)19(12-13(2)3)14-7-8-14/h13-16,18H,6-12H2,1-5H3. The van der Waals surface area contributed by atoms with Gasteiger partial charge in [-0.05, 0) is 50.0 Å². The molecule has 2 heteroatoms. The first-order chi connectivity index (χ1) is 8.93. The largest absolute Gasteiger partial charge is 0.313 e. The number of nitrogens with zero attached hydrogens (tertiary/aromatic N) is 1. The number of rotatable bonds is 6. The van der Waals surface area contributed by atoms with E-state index in [0.29, 0.717) is 5.41 Å². The number of likely N-dealkylation sites (N-methyl/N-ethyl adjacent to an activating group) is 1. The monoisotopic (exact) mass is 266 g/mol. The summed E-state index contributed by atoms with van der Waals surface area (Å²) in [6.07, 6.45) is 6.97. The van der Waals surface area contributed by atoms with Crippen molar-refractivity contribution in [3.8, 4) is 0 Å². The van der Waals surface area contributed by atoms with Crippen molar-refractivity contribution >= 4 is 0 Å². The Labute approximate surface area is 120 Å². The van der Waals surface area contributed by atoms with Crippen molar-refractivity contribution in [1.82, 2.24) is 10.2 Å². The van der Waals surface area contributed by atoms with Crippen LogP contribution in [0.15, 0.2) is 0 Å². The van der Waals surface area contributed by atoms with E-state index in [-0.39, 0.29) is 0 Å². The first-order valence-electron chi connectivity index (χ1n) is 8.42. The molecule has 2 fully saturated rings. The second kappa shape index (κ2) is 6.13. The van der Waals surface area contributed by atoms with Gasteiger partial charge >= 0.3 is 0 Å². The quantitative estimate of drug-likeness (QED) is 0.789. The van der Waals surface area contributed by atoms with Crippen LogP contribution in [0, 0.1) is 11.3 Å². The highest BCUT2D eigenvalue weighted by molar-refractivity contribution is 4.99. The molecule has 0 heterocycles. The molecule has 0 radical (unpaired) electrons. The van der Waals surface area contributed by atoms with Gasteiger partial charge < -0.3 is 5.32 Å². The first kappa shape index (κ1) is 15.3. The van der Waals surface area contributed by atoms with Crippen LogP contribution < -0.4 is 5.32 Å². The van der Waals surface area contributed by atoms with Crippen LogP contribution in [0.3, 0.4) is 0 Å². The first-order valence-corrected chi connectivity index (χ1v) is 8.42. The maximum Gasteiger partial charge on any atom is 0.0257 e. The van der Waals surface area contributed by atoms with Crippen LogP contribution in [0.5, 0.6) is 0 Å². The summed E-state index contributed by atoms with van der Waals surface area (Å²) in [6, 6.07) is 2.37. The molecule has 2 aliphatic rings. The average Bonchev–Trinajstić information content (AvgIpc) is 3.12. The van der Waals surface area contributed by atoms with Crippen LogP contribution in [0.25, 0.3) is 0 Å². The molecule has 0 aromatic rings. The molecule has 2 aliphatic carbocycles. The topological polar surface area (TPSA) is 15.3 Å². The summed E-state index contributed by atoms with van der Waals surface area (Å²) in [4.78, 5) is 2.86. The summed E-state index contributed by atoms with van der Waals surface area (Å²) < 4.78 is 0. The molecule has 0 aliphatic heterocycles. The Hall–Kier alpha value is -0.0800. The Morgan fingerprint density at radius 1 is 1.21 bits per heavy atom. The zero-order chi connectivity index (χ0) is 14.0. The fraction of sp³-hybridized carbons (Fsp3) is 1.00. The van der Waals surface area contributed by atoms with Crippen LogP contribution in [-0.4, -0.2) is 36.1 Å². The maximum atomic E-state index is 3.77. The van der Waals surface area contributed by atoms with Gasteiger partial charge in [0.1, 0.15) is 0 Å². The van der Waals surface area contributed by atoms with E-state index in [1.165, 1.54) is 38.6 Å². The molecule has 19 heavy (non-hydrogen) atoms. The minimum Gasteiger partial charge on any atom is -0.313 e. The third-order valence-electron chi connectivity index (χ3n) is 4.84. The van der Waals surface area contributed by atoms with Crippen LogP contribution in [0.4, 0.5) is 0 Å². The summed E-state index contributed by atoms with van der Waals surface area (Å²) >= 11 is 0. The van der Waals surface area contributed by atoms with Crippen molar-refractivity contribution in [3.05, 3.63) is 0 Å². The van der Waals surface area contributed by atoms with E-state index >= 15 is 0 Å². The van der Waals surface area contributed by atoms with Crippen LogP contribution in [0.2, 0.25) is 0 Å². The summed E-state index contributed by atoms with van der Waals surface area (Å²) in [5, 5.41) is 3.77. The fourth-order valence-corrected chi connectivity index (χ4v) is 3.78. The highest BCUT2D eigenvalue weighted by Crippen LogP contribution is 2.41. The minimum absolute atomic E-state index is 0.528. The third kappa shape index (κ3) is 4.19. The van der Waals surface area contributed by atoms with E-state index in [0.717, 1.165) is 30.6 Å². The lowest BCUT2D eigenvalue weighted by atomic mass is 9.72. The Bertz CT molecular complexity index is 281. The van der Waals surface area contributed by atoms with Gasteiger partial charge in [-0.15, -0.1) is 0 Å². The summed E-state index contributed by atoms with van der Waals surface area (Å²) in [5.41, 5.74) is 0.528.